The van der Waals surface area contributed by atoms with Gasteiger partial charge in [-0.25, -0.2) is 13.6 Å². The number of halogens is 5. The summed E-state index contributed by atoms with van der Waals surface area (Å²) in [5, 5.41) is 2.34. The largest absolute Gasteiger partial charge is 0.462 e. The van der Waals surface area contributed by atoms with Gasteiger partial charge in [-0.3, -0.25) is 4.79 Å². The van der Waals surface area contributed by atoms with Gasteiger partial charge in [0, 0.05) is 17.4 Å². The van der Waals surface area contributed by atoms with Crippen molar-refractivity contribution in [1.82, 2.24) is 9.88 Å². The first-order chi connectivity index (χ1) is 15.5. The van der Waals surface area contributed by atoms with E-state index < -0.39 is 41.3 Å². The Balaban J connectivity index is 2.04. The van der Waals surface area contributed by atoms with Crippen LogP contribution in [0.4, 0.5) is 22.0 Å². The van der Waals surface area contributed by atoms with E-state index in [0.29, 0.717) is 28.6 Å². The monoisotopic (exact) mass is 468 g/mol. The smallest absolute Gasteiger partial charge is 0.412 e. The normalized spacial score (nSPS) is 12.6. The molecular weight excluding hydrogens is 447 g/mol. The minimum atomic E-state index is -4.96. The van der Waals surface area contributed by atoms with Gasteiger partial charge in [0.25, 0.3) is 5.91 Å². The summed E-state index contributed by atoms with van der Waals surface area (Å²) >= 11 is 0. The molecule has 5 nitrogen and oxygen atoms in total. The van der Waals surface area contributed by atoms with E-state index in [1.807, 2.05) is 5.32 Å². The second kappa shape index (κ2) is 9.21. The van der Waals surface area contributed by atoms with Gasteiger partial charge in [-0.2, -0.15) is 13.2 Å². The van der Waals surface area contributed by atoms with Crippen molar-refractivity contribution in [3.63, 3.8) is 0 Å². The van der Waals surface area contributed by atoms with Crippen LogP contribution in [0.25, 0.3) is 10.9 Å². The number of alkyl halides is 3. The predicted molar refractivity (Wildman–Crippen MR) is 111 cm³/mol. The number of amides is 1. The number of rotatable bonds is 6. The van der Waals surface area contributed by atoms with E-state index in [1.54, 1.807) is 26.8 Å². The molecule has 1 amide bonds. The molecular formula is C23H21F5N2O3. The standard InChI is InChI=1S/C23H21F5N2O3/c1-4-30-18-8-12(3)15(22(32)33-5-2)9-14(18)11-19(30)21(31)29-20(23(26,27)28)13-6-7-16(24)17(25)10-13/h6-11,20H,4-5H2,1-3H3,(H,29,31). The molecule has 0 bridgehead atoms. The van der Waals surface area contributed by atoms with Crippen molar-refractivity contribution in [3.8, 4) is 0 Å². The van der Waals surface area contributed by atoms with Gasteiger partial charge < -0.3 is 14.6 Å². The lowest BCUT2D eigenvalue weighted by Gasteiger charge is -2.22. The van der Waals surface area contributed by atoms with Crippen LogP contribution in [-0.4, -0.2) is 29.2 Å². The van der Waals surface area contributed by atoms with Gasteiger partial charge in [0.2, 0.25) is 0 Å². The maximum Gasteiger partial charge on any atom is 0.412 e. The number of benzene rings is 2. The molecule has 10 heteroatoms. The Hall–Kier alpha value is -3.43. The molecule has 3 rings (SSSR count). The highest BCUT2D eigenvalue weighted by atomic mass is 19.4. The van der Waals surface area contributed by atoms with Crippen molar-refractivity contribution in [1.29, 1.82) is 0 Å². The number of carbonyl (C=O) groups is 2. The molecule has 1 unspecified atom stereocenters. The van der Waals surface area contributed by atoms with Crippen LogP contribution < -0.4 is 5.32 Å². The number of fused-ring (bicyclic) bond motifs is 1. The first-order valence-corrected chi connectivity index (χ1v) is 10.1. The number of nitrogens with one attached hydrogen (secondary N) is 1. The maximum atomic E-state index is 13.7. The molecule has 0 saturated heterocycles. The van der Waals surface area contributed by atoms with E-state index in [2.05, 4.69) is 0 Å². The molecule has 0 radical (unpaired) electrons. The van der Waals surface area contributed by atoms with Gasteiger partial charge in [0.15, 0.2) is 17.7 Å². The van der Waals surface area contributed by atoms with Gasteiger partial charge in [-0.15, -0.1) is 0 Å². The van der Waals surface area contributed by atoms with Gasteiger partial charge in [0.1, 0.15) is 5.69 Å². The Labute approximate surface area is 186 Å². The van der Waals surface area contributed by atoms with Crippen molar-refractivity contribution in [2.75, 3.05) is 6.61 Å². The second-order valence-corrected chi connectivity index (χ2v) is 7.34. The molecule has 1 N–H and O–H groups in total. The summed E-state index contributed by atoms with van der Waals surface area (Å²) in [6, 6.07) is 3.72. The molecule has 0 saturated carbocycles. The summed E-state index contributed by atoms with van der Waals surface area (Å²) in [7, 11) is 0. The van der Waals surface area contributed by atoms with Crippen LogP contribution >= 0.6 is 0 Å². The maximum absolute atomic E-state index is 13.7. The Kier molecular flexibility index (Phi) is 6.76. The molecule has 3 aromatic rings. The first kappa shape index (κ1) is 24.2. The first-order valence-electron chi connectivity index (χ1n) is 10.1. The van der Waals surface area contributed by atoms with Crippen molar-refractivity contribution in [2.24, 2.45) is 0 Å². The molecule has 1 aromatic heterocycles. The Morgan fingerprint density at radius 2 is 1.76 bits per heavy atom. The summed E-state index contributed by atoms with van der Waals surface area (Å²) in [6.07, 6.45) is -4.96. The van der Waals surface area contributed by atoms with E-state index in [0.717, 1.165) is 6.07 Å². The van der Waals surface area contributed by atoms with Gasteiger partial charge >= 0.3 is 12.1 Å². The lowest BCUT2D eigenvalue weighted by molar-refractivity contribution is -0.155. The van der Waals surface area contributed by atoms with E-state index in [1.165, 1.54) is 16.7 Å². The fourth-order valence-corrected chi connectivity index (χ4v) is 3.62. The minimum absolute atomic E-state index is 0.0789. The highest BCUT2D eigenvalue weighted by molar-refractivity contribution is 6.02. The van der Waals surface area contributed by atoms with Crippen LogP contribution in [-0.2, 0) is 11.3 Å². The van der Waals surface area contributed by atoms with Gasteiger partial charge in [0.05, 0.1) is 12.2 Å². The molecule has 1 atom stereocenters. The lowest BCUT2D eigenvalue weighted by atomic mass is 10.1. The zero-order chi connectivity index (χ0) is 24.5. The van der Waals surface area contributed by atoms with Crippen LogP contribution in [0.5, 0.6) is 0 Å². The van der Waals surface area contributed by atoms with Gasteiger partial charge in [-0.1, -0.05) is 6.07 Å². The molecule has 33 heavy (non-hydrogen) atoms. The molecule has 176 valence electrons. The zero-order valence-corrected chi connectivity index (χ0v) is 18.0. The van der Waals surface area contributed by atoms with Gasteiger partial charge in [-0.05, 0) is 62.2 Å². The average Bonchev–Trinajstić information content (AvgIpc) is 3.10. The fraction of sp³-hybridized carbons (Fsp3) is 0.304. The number of aryl methyl sites for hydroxylation is 2. The number of hydrogen-bond donors (Lipinski definition) is 1. The minimum Gasteiger partial charge on any atom is -0.462 e. The quantitative estimate of drug-likeness (QED) is 0.386. The number of aromatic nitrogens is 1. The lowest BCUT2D eigenvalue weighted by Crippen LogP contribution is -2.39. The number of hydrogen-bond acceptors (Lipinski definition) is 3. The van der Waals surface area contributed by atoms with Crippen molar-refractivity contribution >= 4 is 22.8 Å². The number of carbonyl (C=O) groups excluding carboxylic acids is 2. The highest BCUT2D eigenvalue weighted by Crippen LogP contribution is 2.34. The van der Waals surface area contributed by atoms with Crippen LogP contribution in [0.15, 0.2) is 36.4 Å². The SMILES string of the molecule is CCOC(=O)c1cc2cc(C(=O)NC(c3ccc(F)c(F)c3)C(F)(F)F)n(CC)c2cc1C. The van der Waals surface area contributed by atoms with E-state index in [9.17, 15) is 31.5 Å². The molecule has 0 aliphatic carbocycles. The Bertz CT molecular complexity index is 1220. The molecule has 2 aromatic carbocycles. The fourth-order valence-electron chi connectivity index (χ4n) is 3.62. The van der Waals surface area contributed by atoms with Crippen LogP contribution in [0.2, 0.25) is 0 Å². The van der Waals surface area contributed by atoms with E-state index >= 15 is 0 Å². The molecule has 0 fully saturated rings. The Morgan fingerprint density at radius 3 is 2.33 bits per heavy atom. The third kappa shape index (κ3) is 4.84. The Morgan fingerprint density at radius 1 is 1.06 bits per heavy atom. The zero-order valence-electron chi connectivity index (χ0n) is 18.0. The predicted octanol–water partition coefficient (Wildman–Crippen LogP) is 5.46. The van der Waals surface area contributed by atoms with Crippen molar-refractivity contribution in [3.05, 3.63) is 70.4 Å². The number of nitrogens with zero attached hydrogens (tertiary/aromatic N) is 1. The molecule has 0 aliphatic heterocycles. The molecule has 0 aliphatic rings. The van der Waals surface area contributed by atoms with E-state index in [4.69, 9.17) is 4.74 Å². The topological polar surface area (TPSA) is 60.3 Å². The molecule has 1 heterocycles. The summed E-state index contributed by atoms with van der Waals surface area (Å²) in [6.45, 7) is 5.48. The van der Waals surface area contributed by atoms with Crippen LogP contribution in [0.3, 0.4) is 0 Å². The number of esters is 1. The summed E-state index contributed by atoms with van der Waals surface area (Å²) < 4.78 is 74.3. The third-order valence-corrected chi connectivity index (χ3v) is 5.17. The van der Waals surface area contributed by atoms with Crippen LogP contribution in [0.1, 0.15) is 51.9 Å². The van der Waals surface area contributed by atoms with Crippen molar-refractivity contribution < 1.29 is 36.3 Å². The van der Waals surface area contributed by atoms with Crippen LogP contribution in [0, 0.1) is 18.6 Å². The average molecular weight is 468 g/mol. The third-order valence-electron chi connectivity index (χ3n) is 5.17. The number of ether oxygens (including phenoxy) is 1. The summed E-state index contributed by atoms with van der Waals surface area (Å²) in [4.78, 5) is 25.1. The summed E-state index contributed by atoms with van der Waals surface area (Å²) in [5.41, 5.74) is 0.679. The second-order valence-electron chi connectivity index (χ2n) is 7.34. The van der Waals surface area contributed by atoms with E-state index in [-0.39, 0.29) is 24.4 Å². The molecule has 0 spiro atoms. The van der Waals surface area contributed by atoms with Crippen molar-refractivity contribution in [2.45, 2.75) is 39.5 Å². The highest BCUT2D eigenvalue weighted by Gasteiger charge is 2.42. The summed E-state index contributed by atoms with van der Waals surface area (Å²) in [5.74, 6) is -4.37.